The fourth-order valence-corrected chi connectivity index (χ4v) is 1.58. The number of carbonyl (C=O) groups excluding carboxylic acids is 2. The highest BCUT2D eigenvalue weighted by Gasteiger charge is 2.32. The fraction of sp³-hybridized carbons (Fsp3) is 0.700. The van der Waals surface area contributed by atoms with Gasteiger partial charge in [-0.15, -0.1) is 0 Å². The molecule has 2 amide bonds. The number of carboxylic acids is 1. The number of ether oxygens (including phenoxy) is 1. The molecule has 17 heavy (non-hydrogen) atoms. The number of nitrogens with one attached hydrogen (secondary N) is 1. The van der Waals surface area contributed by atoms with Gasteiger partial charge in [0.25, 0.3) is 0 Å². The number of aliphatic carboxylic acids is 1. The molecule has 0 atom stereocenters. The molecule has 96 valence electrons. The number of hydrogen-bond acceptors (Lipinski definition) is 4. The molecule has 0 saturated carbocycles. The molecule has 1 saturated heterocycles. The summed E-state index contributed by atoms with van der Waals surface area (Å²) in [6.45, 7) is 2.64. The summed E-state index contributed by atoms with van der Waals surface area (Å²) >= 11 is 0. The van der Waals surface area contributed by atoms with Crippen LogP contribution in [-0.2, 0) is 14.3 Å². The monoisotopic (exact) mass is 244 g/mol. The minimum absolute atomic E-state index is 0.0147. The molecule has 0 aromatic rings. The van der Waals surface area contributed by atoms with Gasteiger partial charge in [-0.1, -0.05) is 0 Å². The van der Waals surface area contributed by atoms with Gasteiger partial charge in [0, 0.05) is 19.0 Å². The van der Waals surface area contributed by atoms with E-state index < -0.39 is 11.9 Å². The molecule has 1 rings (SSSR count). The van der Waals surface area contributed by atoms with E-state index in [4.69, 9.17) is 5.11 Å². The summed E-state index contributed by atoms with van der Waals surface area (Å²) in [5, 5.41) is 10.9. The van der Waals surface area contributed by atoms with E-state index >= 15 is 0 Å². The van der Waals surface area contributed by atoms with Gasteiger partial charge in [-0.2, -0.15) is 0 Å². The third-order valence-electron chi connectivity index (χ3n) is 2.40. The third-order valence-corrected chi connectivity index (χ3v) is 2.40. The molecule has 2 N–H and O–H groups in total. The van der Waals surface area contributed by atoms with Crippen LogP contribution in [0.4, 0.5) is 4.79 Å². The summed E-state index contributed by atoms with van der Waals surface area (Å²) in [7, 11) is 0. The first-order valence-corrected chi connectivity index (χ1v) is 5.43. The second-order valence-corrected chi connectivity index (χ2v) is 3.83. The molecule has 0 unspecified atom stereocenters. The lowest BCUT2D eigenvalue weighted by atomic mass is 9.97. The van der Waals surface area contributed by atoms with Crippen molar-refractivity contribution < 1.29 is 24.2 Å². The molecule has 0 spiro atoms. The Morgan fingerprint density at radius 2 is 2.06 bits per heavy atom. The summed E-state index contributed by atoms with van der Waals surface area (Å²) in [6.07, 6.45) is 0.0711. The van der Waals surface area contributed by atoms with Crippen LogP contribution in [0.15, 0.2) is 0 Å². The van der Waals surface area contributed by atoms with Crippen LogP contribution in [-0.4, -0.2) is 54.2 Å². The number of carboxylic acid groups (broad SMARTS) is 1. The highest BCUT2D eigenvalue weighted by atomic mass is 16.5. The molecular weight excluding hydrogens is 228 g/mol. The number of amides is 2. The maximum absolute atomic E-state index is 11.4. The highest BCUT2D eigenvalue weighted by molar-refractivity contribution is 5.81. The first-order valence-electron chi connectivity index (χ1n) is 5.43. The SMILES string of the molecule is CCOC(=O)CNC(=O)N1CC(CC(=O)O)C1. The van der Waals surface area contributed by atoms with Crippen molar-refractivity contribution in [2.75, 3.05) is 26.2 Å². The number of likely N-dealkylation sites (tertiary alicyclic amines) is 1. The van der Waals surface area contributed by atoms with Crippen LogP contribution in [0.3, 0.4) is 0 Å². The first kappa shape index (κ1) is 13.3. The van der Waals surface area contributed by atoms with Gasteiger partial charge < -0.3 is 20.1 Å². The molecule has 7 heteroatoms. The van der Waals surface area contributed by atoms with Crippen molar-refractivity contribution in [3.8, 4) is 0 Å². The molecule has 0 aliphatic carbocycles. The molecule has 1 aliphatic heterocycles. The second-order valence-electron chi connectivity index (χ2n) is 3.83. The van der Waals surface area contributed by atoms with Crippen LogP contribution in [0.1, 0.15) is 13.3 Å². The molecule has 0 aromatic heterocycles. The zero-order valence-electron chi connectivity index (χ0n) is 9.64. The lowest BCUT2D eigenvalue weighted by molar-refractivity contribution is -0.141. The summed E-state index contributed by atoms with van der Waals surface area (Å²) in [4.78, 5) is 34.2. The zero-order valence-corrected chi connectivity index (χ0v) is 9.64. The van der Waals surface area contributed by atoms with Gasteiger partial charge in [-0.05, 0) is 6.92 Å². The Morgan fingerprint density at radius 1 is 1.41 bits per heavy atom. The topological polar surface area (TPSA) is 95.9 Å². The lowest BCUT2D eigenvalue weighted by Gasteiger charge is -2.38. The first-order chi connectivity index (χ1) is 8.02. The fourth-order valence-electron chi connectivity index (χ4n) is 1.58. The summed E-state index contributed by atoms with van der Waals surface area (Å²) in [6, 6.07) is -0.361. The Morgan fingerprint density at radius 3 is 2.59 bits per heavy atom. The largest absolute Gasteiger partial charge is 0.481 e. The van der Waals surface area contributed by atoms with E-state index in [1.54, 1.807) is 6.92 Å². The van der Waals surface area contributed by atoms with Gasteiger partial charge in [0.1, 0.15) is 6.54 Å². The van der Waals surface area contributed by atoms with E-state index in [9.17, 15) is 14.4 Å². The quantitative estimate of drug-likeness (QED) is 0.645. The molecule has 7 nitrogen and oxygen atoms in total. The summed E-state index contributed by atoms with van der Waals surface area (Å²) < 4.78 is 4.65. The van der Waals surface area contributed by atoms with Crippen molar-refractivity contribution in [3.05, 3.63) is 0 Å². The lowest BCUT2D eigenvalue weighted by Crippen LogP contribution is -2.54. The van der Waals surface area contributed by atoms with E-state index in [0.29, 0.717) is 13.1 Å². The summed E-state index contributed by atoms with van der Waals surface area (Å²) in [5.74, 6) is -1.33. The van der Waals surface area contributed by atoms with Gasteiger partial charge >= 0.3 is 18.0 Å². The average Bonchev–Trinajstić information content (AvgIpc) is 2.19. The molecule has 0 radical (unpaired) electrons. The number of esters is 1. The van der Waals surface area contributed by atoms with E-state index in [1.807, 2.05) is 0 Å². The smallest absolute Gasteiger partial charge is 0.325 e. The zero-order chi connectivity index (χ0) is 12.8. The van der Waals surface area contributed by atoms with Crippen molar-refractivity contribution in [1.29, 1.82) is 0 Å². The number of rotatable bonds is 5. The van der Waals surface area contributed by atoms with E-state index in [2.05, 4.69) is 10.1 Å². The van der Waals surface area contributed by atoms with Crippen molar-refractivity contribution in [1.82, 2.24) is 10.2 Å². The molecule has 1 heterocycles. The number of nitrogens with zero attached hydrogens (tertiary/aromatic N) is 1. The Bertz CT molecular complexity index is 312. The minimum Gasteiger partial charge on any atom is -0.481 e. The van der Waals surface area contributed by atoms with Crippen LogP contribution < -0.4 is 5.32 Å². The number of carbonyl (C=O) groups is 3. The van der Waals surface area contributed by atoms with Crippen LogP contribution in [0.2, 0.25) is 0 Å². The maximum Gasteiger partial charge on any atom is 0.325 e. The van der Waals surface area contributed by atoms with Crippen molar-refractivity contribution in [2.24, 2.45) is 5.92 Å². The Labute approximate surface area is 98.7 Å². The standard InChI is InChI=1S/C10H16N2O5/c1-2-17-9(15)4-11-10(16)12-5-7(6-12)3-8(13)14/h7H,2-6H2,1H3,(H,11,16)(H,13,14). The van der Waals surface area contributed by atoms with Gasteiger partial charge in [-0.25, -0.2) is 4.79 Å². The molecule has 1 aliphatic rings. The van der Waals surface area contributed by atoms with Crippen LogP contribution in [0.5, 0.6) is 0 Å². The third kappa shape index (κ3) is 4.29. The van der Waals surface area contributed by atoms with Gasteiger partial charge in [0.2, 0.25) is 0 Å². The van der Waals surface area contributed by atoms with Gasteiger partial charge in [0.15, 0.2) is 0 Å². The average molecular weight is 244 g/mol. The Kier molecular flexibility index (Phi) is 4.74. The molecule has 0 aromatic carbocycles. The van der Waals surface area contributed by atoms with Gasteiger partial charge in [-0.3, -0.25) is 9.59 Å². The molecular formula is C10H16N2O5. The Balaban J connectivity index is 2.15. The van der Waals surface area contributed by atoms with E-state index in [-0.39, 0.29) is 31.5 Å². The Hall–Kier alpha value is -1.79. The predicted octanol–water partition coefficient (Wildman–Crippen LogP) is -0.334. The number of hydrogen-bond donors (Lipinski definition) is 2. The number of urea groups is 1. The predicted molar refractivity (Wildman–Crippen MR) is 57.3 cm³/mol. The maximum atomic E-state index is 11.4. The molecule has 1 fully saturated rings. The van der Waals surface area contributed by atoms with Crippen LogP contribution >= 0.6 is 0 Å². The van der Waals surface area contributed by atoms with Crippen molar-refractivity contribution in [2.45, 2.75) is 13.3 Å². The highest BCUT2D eigenvalue weighted by Crippen LogP contribution is 2.18. The van der Waals surface area contributed by atoms with Crippen molar-refractivity contribution >= 4 is 18.0 Å². The van der Waals surface area contributed by atoms with E-state index in [1.165, 1.54) is 4.90 Å². The second kappa shape index (κ2) is 6.07. The van der Waals surface area contributed by atoms with Crippen LogP contribution in [0.25, 0.3) is 0 Å². The summed E-state index contributed by atoms with van der Waals surface area (Å²) in [5.41, 5.74) is 0. The van der Waals surface area contributed by atoms with Gasteiger partial charge in [0.05, 0.1) is 13.0 Å². The van der Waals surface area contributed by atoms with Crippen LogP contribution in [0, 0.1) is 5.92 Å². The normalized spacial score (nSPS) is 15.0. The van der Waals surface area contributed by atoms with E-state index in [0.717, 1.165) is 0 Å². The molecule has 0 bridgehead atoms. The van der Waals surface area contributed by atoms with Crippen molar-refractivity contribution in [3.63, 3.8) is 0 Å². The minimum atomic E-state index is -0.860.